The number of hydrogen-bond donors (Lipinski definition) is 1. The van der Waals surface area contributed by atoms with Crippen molar-refractivity contribution in [3.63, 3.8) is 0 Å². The Morgan fingerprint density at radius 3 is 2.85 bits per heavy atom. The molecule has 8 nitrogen and oxygen atoms in total. The van der Waals surface area contributed by atoms with Crippen LogP contribution in [0.3, 0.4) is 0 Å². The van der Waals surface area contributed by atoms with Crippen molar-refractivity contribution in [3.8, 4) is 11.4 Å². The molecule has 2 aliphatic rings. The van der Waals surface area contributed by atoms with Gasteiger partial charge < -0.3 is 14.7 Å². The summed E-state index contributed by atoms with van der Waals surface area (Å²) in [6, 6.07) is 7.39. The van der Waals surface area contributed by atoms with Crippen LogP contribution >= 0.6 is 11.3 Å². The number of thiophene rings is 1. The van der Waals surface area contributed by atoms with Crippen molar-refractivity contribution in [1.29, 1.82) is 0 Å². The van der Waals surface area contributed by atoms with Crippen molar-refractivity contribution in [2.24, 2.45) is 5.92 Å². The zero-order valence-corrected chi connectivity index (χ0v) is 20.1. The predicted molar refractivity (Wildman–Crippen MR) is 128 cm³/mol. The molecule has 1 saturated carbocycles. The van der Waals surface area contributed by atoms with Gasteiger partial charge in [0.05, 0.1) is 10.8 Å². The largest absolute Gasteiger partial charge is 0.356 e. The van der Waals surface area contributed by atoms with E-state index in [1.165, 1.54) is 11.3 Å². The number of carbonyl (C=O) groups excluding carboxylic acids is 2. The molecular weight excluding hydrogens is 450 g/mol. The highest BCUT2D eigenvalue weighted by Gasteiger charge is 2.45. The number of nitrogens with one attached hydrogen (secondary N) is 1. The standard InChI is InChI=1S/C25H29N5O3S/c1-16-8-9-21(34-16)25(32)30-12-5-3-2-4-11-27-23(31)19-13-18(14-20(19)30)24-28-22(29-33-24)17-7-6-10-26-15-17/h6-10,15,18-20H,2-5,11-14H2,1H3,(H,27,31). The Balaban J connectivity index is 1.44. The Morgan fingerprint density at radius 1 is 1.18 bits per heavy atom. The van der Waals surface area contributed by atoms with Crippen molar-refractivity contribution in [2.75, 3.05) is 13.1 Å². The number of pyridine rings is 1. The van der Waals surface area contributed by atoms with E-state index in [0.717, 1.165) is 41.0 Å². The van der Waals surface area contributed by atoms with E-state index in [9.17, 15) is 9.59 Å². The second kappa shape index (κ2) is 10.0. The van der Waals surface area contributed by atoms with Gasteiger partial charge in [-0.15, -0.1) is 11.3 Å². The maximum absolute atomic E-state index is 13.6. The molecule has 5 rings (SSSR count). The van der Waals surface area contributed by atoms with Crippen molar-refractivity contribution >= 4 is 23.2 Å². The van der Waals surface area contributed by atoms with Crippen molar-refractivity contribution in [3.05, 3.63) is 52.3 Å². The topological polar surface area (TPSA) is 101 Å². The Kier molecular flexibility index (Phi) is 6.71. The molecule has 3 aromatic rings. The van der Waals surface area contributed by atoms with Gasteiger partial charge in [-0.3, -0.25) is 14.6 Å². The molecule has 9 heteroatoms. The van der Waals surface area contributed by atoms with Crippen molar-refractivity contribution < 1.29 is 14.1 Å². The number of amides is 2. The molecule has 4 heterocycles. The van der Waals surface area contributed by atoms with E-state index < -0.39 is 0 Å². The number of carbonyl (C=O) groups is 2. The van der Waals surface area contributed by atoms with Crippen LogP contribution in [0.25, 0.3) is 11.4 Å². The fraction of sp³-hybridized carbons (Fsp3) is 0.480. The van der Waals surface area contributed by atoms with E-state index in [2.05, 4.69) is 20.4 Å². The van der Waals surface area contributed by atoms with E-state index in [4.69, 9.17) is 4.52 Å². The molecule has 0 spiro atoms. The number of nitrogens with zero attached hydrogens (tertiary/aromatic N) is 4. The van der Waals surface area contributed by atoms with Crippen LogP contribution in [0, 0.1) is 12.8 Å². The lowest BCUT2D eigenvalue weighted by Gasteiger charge is -2.32. The lowest BCUT2D eigenvalue weighted by atomic mass is 10.00. The molecule has 2 fully saturated rings. The van der Waals surface area contributed by atoms with Gasteiger partial charge in [0.25, 0.3) is 5.91 Å². The van der Waals surface area contributed by atoms with Gasteiger partial charge in [-0.2, -0.15) is 4.98 Å². The second-order valence-corrected chi connectivity index (χ2v) is 10.4. The molecule has 0 radical (unpaired) electrons. The van der Waals surface area contributed by atoms with Crippen LogP contribution in [-0.2, 0) is 4.79 Å². The monoisotopic (exact) mass is 479 g/mol. The van der Waals surface area contributed by atoms with Gasteiger partial charge >= 0.3 is 0 Å². The molecule has 34 heavy (non-hydrogen) atoms. The highest BCUT2D eigenvalue weighted by Crippen LogP contribution is 2.42. The molecule has 3 unspecified atom stereocenters. The molecule has 1 aliphatic heterocycles. The van der Waals surface area contributed by atoms with Crippen LogP contribution in [0.15, 0.2) is 41.2 Å². The molecule has 1 N–H and O–H groups in total. The van der Waals surface area contributed by atoms with Crippen molar-refractivity contribution in [1.82, 2.24) is 25.3 Å². The number of aromatic nitrogens is 3. The third-order valence-electron chi connectivity index (χ3n) is 6.81. The molecule has 178 valence electrons. The molecule has 1 aliphatic carbocycles. The summed E-state index contributed by atoms with van der Waals surface area (Å²) in [5.74, 6) is 0.655. The highest BCUT2D eigenvalue weighted by atomic mass is 32.1. The number of hydrogen-bond acceptors (Lipinski definition) is 7. The second-order valence-electron chi connectivity index (χ2n) is 9.15. The van der Waals surface area contributed by atoms with Gasteiger partial charge in [-0.25, -0.2) is 0 Å². The summed E-state index contributed by atoms with van der Waals surface area (Å²) < 4.78 is 5.64. The third-order valence-corrected chi connectivity index (χ3v) is 7.80. The summed E-state index contributed by atoms with van der Waals surface area (Å²) in [4.78, 5) is 39.3. The first-order valence-corrected chi connectivity index (χ1v) is 12.8. The molecule has 3 atom stereocenters. The number of aryl methyl sites for hydroxylation is 1. The quantitative estimate of drug-likeness (QED) is 0.604. The van der Waals surface area contributed by atoms with Gasteiger partial charge in [0.15, 0.2) is 0 Å². The average molecular weight is 480 g/mol. The molecule has 0 bridgehead atoms. The van der Waals surface area contributed by atoms with Crippen LogP contribution in [0.2, 0.25) is 0 Å². The number of rotatable bonds is 3. The van der Waals surface area contributed by atoms with E-state index >= 15 is 0 Å². The zero-order valence-electron chi connectivity index (χ0n) is 19.3. The van der Waals surface area contributed by atoms with Crippen LogP contribution < -0.4 is 5.32 Å². The van der Waals surface area contributed by atoms with Gasteiger partial charge in [-0.05, 0) is 56.9 Å². The Bertz CT molecular complexity index is 1140. The van der Waals surface area contributed by atoms with Gasteiger partial charge in [0, 0.05) is 47.9 Å². The fourth-order valence-corrected chi connectivity index (χ4v) is 5.89. The van der Waals surface area contributed by atoms with Crippen LogP contribution in [-0.4, -0.2) is 51.0 Å². The molecule has 2 amide bonds. The first-order valence-electron chi connectivity index (χ1n) is 12.0. The SMILES string of the molecule is Cc1ccc(C(=O)N2CCCCCCNC(=O)C3CC(c4nc(-c5cccnc5)no4)CC32)s1. The number of fused-ring (bicyclic) bond motifs is 1. The van der Waals surface area contributed by atoms with Gasteiger partial charge in [0.1, 0.15) is 0 Å². The average Bonchev–Trinajstić information content (AvgIpc) is 3.60. The minimum atomic E-state index is -0.304. The fourth-order valence-electron chi connectivity index (χ4n) is 5.07. The lowest BCUT2D eigenvalue weighted by molar-refractivity contribution is -0.126. The molecule has 1 saturated heterocycles. The van der Waals surface area contributed by atoms with Crippen molar-refractivity contribution in [2.45, 2.75) is 57.4 Å². The Labute approximate surface area is 202 Å². The van der Waals surface area contributed by atoms with Crippen LogP contribution in [0.4, 0.5) is 0 Å². The first-order chi connectivity index (χ1) is 16.6. The summed E-state index contributed by atoms with van der Waals surface area (Å²) in [6.45, 7) is 3.34. The van der Waals surface area contributed by atoms with E-state index in [-0.39, 0.29) is 29.7 Å². The minimum absolute atomic E-state index is 0.0153. The smallest absolute Gasteiger partial charge is 0.264 e. The van der Waals surface area contributed by atoms with E-state index in [1.807, 2.05) is 36.1 Å². The lowest BCUT2D eigenvalue weighted by Crippen LogP contribution is -2.47. The zero-order chi connectivity index (χ0) is 23.5. The van der Waals surface area contributed by atoms with E-state index in [0.29, 0.717) is 37.6 Å². The first kappa shape index (κ1) is 22.7. The minimum Gasteiger partial charge on any atom is -0.356 e. The van der Waals surface area contributed by atoms with Crippen LogP contribution in [0.1, 0.15) is 64.9 Å². The normalized spacial score (nSPS) is 23.7. The van der Waals surface area contributed by atoms with E-state index in [1.54, 1.807) is 12.4 Å². The molecule has 3 aromatic heterocycles. The maximum Gasteiger partial charge on any atom is 0.264 e. The predicted octanol–water partition coefficient (Wildman–Crippen LogP) is 4.20. The summed E-state index contributed by atoms with van der Waals surface area (Å²) in [5.41, 5.74) is 0.786. The molecular formula is C25H29N5O3S. The third kappa shape index (κ3) is 4.75. The highest BCUT2D eigenvalue weighted by molar-refractivity contribution is 7.13. The Morgan fingerprint density at radius 2 is 2.06 bits per heavy atom. The summed E-state index contributed by atoms with van der Waals surface area (Å²) >= 11 is 1.51. The molecule has 0 aromatic carbocycles. The maximum atomic E-state index is 13.6. The van der Waals surface area contributed by atoms with Crippen LogP contribution in [0.5, 0.6) is 0 Å². The van der Waals surface area contributed by atoms with Gasteiger partial charge in [0.2, 0.25) is 17.6 Å². The Hall–Kier alpha value is -3.07. The van der Waals surface area contributed by atoms with Gasteiger partial charge in [-0.1, -0.05) is 18.0 Å². The summed E-state index contributed by atoms with van der Waals surface area (Å²) in [7, 11) is 0. The summed E-state index contributed by atoms with van der Waals surface area (Å²) in [6.07, 6.45) is 8.60. The summed E-state index contributed by atoms with van der Waals surface area (Å²) in [5, 5.41) is 7.25.